The molecule has 0 bridgehead atoms. The summed E-state index contributed by atoms with van der Waals surface area (Å²) in [5.41, 5.74) is 7.69. The minimum Gasteiger partial charge on any atom is -0.492 e. The number of likely N-dealkylation sites (N-methyl/N-ethyl adjacent to an activating group) is 1. The summed E-state index contributed by atoms with van der Waals surface area (Å²) in [6, 6.07) is 28.9. The van der Waals surface area contributed by atoms with E-state index in [4.69, 9.17) is 4.74 Å². The lowest BCUT2D eigenvalue weighted by atomic mass is 9.88. The quantitative estimate of drug-likeness (QED) is 0.389. The first-order valence-corrected chi connectivity index (χ1v) is 10.8. The van der Waals surface area contributed by atoms with Crippen LogP contribution in [0.5, 0.6) is 5.75 Å². The van der Waals surface area contributed by atoms with E-state index in [0.29, 0.717) is 6.61 Å². The molecule has 3 rings (SSSR count). The average Bonchev–Trinajstić information content (AvgIpc) is 2.78. The third-order valence-electron chi connectivity index (χ3n) is 5.32. The molecule has 0 aliphatic heterocycles. The maximum Gasteiger partial charge on any atom is 0.119 e. The van der Waals surface area contributed by atoms with Gasteiger partial charge in [-0.15, -0.1) is 0 Å². The summed E-state index contributed by atoms with van der Waals surface area (Å²) < 4.78 is 5.89. The van der Waals surface area contributed by atoms with Crippen LogP contribution in [0.3, 0.4) is 0 Å². The lowest BCUT2D eigenvalue weighted by Gasteiger charge is -2.17. The molecular formula is C28H32NO. The predicted octanol–water partition coefficient (Wildman–Crippen LogP) is 6.36. The van der Waals surface area contributed by atoms with Crippen molar-refractivity contribution in [2.75, 3.05) is 27.2 Å². The Bertz CT molecular complexity index is 938. The van der Waals surface area contributed by atoms with Crippen LogP contribution in [0.4, 0.5) is 0 Å². The number of aryl methyl sites for hydroxylation is 1. The summed E-state index contributed by atoms with van der Waals surface area (Å²) in [7, 11) is 4.11. The average molecular weight is 399 g/mol. The number of benzene rings is 3. The third-order valence-corrected chi connectivity index (χ3v) is 5.32. The Balaban J connectivity index is 2.01. The van der Waals surface area contributed by atoms with Crippen molar-refractivity contribution in [3.05, 3.63) is 101 Å². The number of allylic oxidation sites excluding steroid dienone is 1. The van der Waals surface area contributed by atoms with E-state index in [1.807, 2.05) is 12.1 Å². The van der Waals surface area contributed by atoms with Crippen LogP contribution in [0.15, 0.2) is 72.8 Å². The molecule has 1 radical (unpaired) electrons. The second-order valence-electron chi connectivity index (χ2n) is 7.72. The van der Waals surface area contributed by atoms with Crippen LogP contribution < -0.4 is 4.74 Å². The van der Waals surface area contributed by atoms with E-state index in [2.05, 4.69) is 99.6 Å². The molecule has 0 spiro atoms. The smallest absolute Gasteiger partial charge is 0.119 e. The zero-order valence-corrected chi connectivity index (χ0v) is 18.6. The van der Waals surface area contributed by atoms with Crippen molar-refractivity contribution < 1.29 is 4.74 Å². The first kappa shape index (κ1) is 21.9. The summed E-state index contributed by atoms with van der Waals surface area (Å²) in [4.78, 5) is 2.12. The summed E-state index contributed by atoms with van der Waals surface area (Å²) in [6.45, 7) is 6.02. The summed E-state index contributed by atoms with van der Waals surface area (Å²) >= 11 is 0. The van der Waals surface area contributed by atoms with Crippen molar-refractivity contribution in [3.8, 4) is 5.75 Å². The topological polar surface area (TPSA) is 12.5 Å². The molecule has 2 heteroatoms. The van der Waals surface area contributed by atoms with Gasteiger partial charge in [0.05, 0.1) is 0 Å². The molecule has 3 aromatic carbocycles. The van der Waals surface area contributed by atoms with Gasteiger partial charge in [0.25, 0.3) is 0 Å². The van der Waals surface area contributed by atoms with Crippen LogP contribution >= 0.6 is 0 Å². The largest absolute Gasteiger partial charge is 0.492 e. The van der Waals surface area contributed by atoms with E-state index in [1.165, 1.54) is 33.4 Å². The Morgan fingerprint density at radius 1 is 0.800 bits per heavy atom. The molecule has 0 heterocycles. The summed E-state index contributed by atoms with van der Waals surface area (Å²) in [5, 5.41) is 0. The molecule has 0 fully saturated rings. The molecule has 0 amide bonds. The third kappa shape index (κ3) is 5.61. The van der Waals surface area contributed by atoms with Crippen molar-refractivity contribution >= 4 is 11.1 Å². The van der Waals surface area contributed by atoms with Crippen molar-refractivity contribution in [3.63, 3.8) is 0 Å². The molecule has 0 N–H and O–H groups in total. The van der Waals surface area contributed by atoms with Gasteiger partial charge in [-0.25, -0.2) is 0 Å². The number of hydrogen-bond acceptors (Lipinski definition) is 2. The molecule has 0 saturated carbocycles. The Labute approximate surface area is 181 Å². The Kier molecular flexibility index (Phi) is 7.87. The fraction of sp³-hybridized carbons (Fsp3) is 0.286. The van der Waals surface area contributed by atoms with E-state index in [0.717, 1.165) is 25.1 Å². The second-order valence-corrected chi connectivity index (χ2v) is 7.72. The van der Waals surface area contributed by atoms with E-state index < -0.39 is 0 Å². The van der Waals surface area contributed by atoms with E-state index >= 15 is 0 Å². The number of ether oxygens (including phenoxy) is 1. The fourth-order valence-electron chi connectivity index (χ4n) is 3.60. The lowest BCUT2D eigenvalue weighted by Crippen LogP contribution is -2.19. The first-order chi connectivity index (χ1) is 14.6. The normalized spacial score (nSPS) is 12.0. The molecule has 0 aromatic heterocycles. The minimum absolute atomic E-state index is 0.688. The van der Waals surface area contributed by atoms with Gasteiger partial charge in [0.15, 0.2) is 0 Å². The van der Waals surface area contributed by atoms with Crippen molar-refractivity contribution in [2.24, 2.45) is 0 Å². The minimum atomic E-state index is 0.688. The first-order valence-electron chi connectivity index (χ1n) is 10.8. The molecule has 3 aromatic rings. The van der Waals surface area contributed by atoms with Crippen LogP contribution in [0.2, 0.25) is 0 Å². The molecule has 0 atom stereocenters. The van der Waals surface area contributed by atoms with Crippen LogP contribution in [0, 0.1) is 6.07 Å². The van der Waals surface area contributed by atoms with Gasteiger partial charge in [0.2, 0.25) is 0 Å². The van der Waals surface area contributed by atoms with Gasteiger partial charge < -0.3 is 9.64 Å². The van der Waals surface area contributed by atoms with Gasteiger partial charge >= 0.3 is 0 Å². The predicted molar refractivity (Wildman–Crippen MR) is 128 cm³/mol. The molecule has 0 unspecified atom stereocenters. The standard InChI is InChI=1S/C28H32NO/c1-5-22-12-14-23(15-13-22)27(6-2)28(24-10-8-7-9-11-24)25-16-18-26(19-17-25)30-21-20-29(3)4/h8-19H,5-6,20-21H2,1-4H3/b28-27+. The highest BCUT2D eigenvalue weighted by atomic mass is 16.5. The second kappa shape index (κ2) is 10.8. The van der Waals surface area contributed by atoms with E-state index in [-0.39, 0.29) is 0 Å². The van der Waals surface area contributed by atoms with Gasteiger partial charge in [-0.1, -0.05) is 74.5 Å². The van der Waals surface area contributed by atoms with Crippen LogP contribution in [-0.4, -0.2) is 32.1 Å². The highest BCUT2D eigenvalue weighted by Crippen LogP contribution is 2.35. The summed E-state index contributed by atoms with van der Waals surface area (Å²) in [6.07, 6.45) is 2.02. The Morgan fingerprint density at radius 3 is 1.97 bits per heavy atom. The summed E-state index contributed by atoms with van der Waals surface area (Å²) in [5.74, 6) is 0.909. The van der Waals surface area contributed by atoms with Gasteiger partial charge in [0, 0.05) is 6.54 Å². The molecule has 2 nitrogen and oxygen atoms in total. The van der Waals surface area contributed by atoms with Crippen LogP contribution in [0.25, 0.3) is 11.1 Å². The van der Waals surface area contributed by atoms with Crippen LogP contribution in [0.1, 0.15) is 42.5 Å². The molecule has 30 heavy (non-hydrogen) atoms. The SMILES string of the molecule is CC/C(=C(/c1cc[c]cc1)c1ccc(OCCN(C)C)cc1)c1ccc(CC)cc1. The van der Waals surface area contributed by atoms with Crippen molar-refractivity contribution in [1.29, 1.82) is 0 Å². The molecule has 0 aliphatic carbocycles. The maximum atomic E-state index is 5.89. The zero-order valence-electron chi connectivity index (χ0n) is 18.6. The number of rotatable bonds is 9. The number of hydrogen-bond donors (Lipinski definition) is 0. The molecular weight excluding hydrogens is 366 g/mol. The highest BCUT2D eigenvalue weighted by Gasteiger charge is 2.13. The van der Waals surface area contributed by atoms with E-state index in [1.54, 1.807) is 0 Å². The molecule has 0 aliphatic rings. The van der Waals surface area contributed by atoms with Gasteiger partial charge in [-0.05, 0) is 78.5 Å². The van der Waals surface area contributed by atoms with E-state index in [9.17, 15) is 0 Å². The zero-order chi connectivity index (χ0) is 21.3. The molecule has 0 saturated heterocycles. The lowest BCUT2D eigenvalue weighted by molar-refractivity contribution is 0.261. The van der Waals surface area contributed by atoms with Gasteiger partial charge in [-0.3, -0.25) is 0 Å². The molecule has 155 valence electrons. The monoisotopic (exact) mass is 398 g/mol. The fourth-order valence-corrected chi connectivity index (χ4v) is 3.60. The Morgan fingerprint density at radius 2 is 1.40 bits per heavy atom. The van der Waals surface area contributed by atoms with Gasteiger partial charge in [-0.2, -0.15) is 0 Å². The van der Waals surface area contributed by atoms with Gasteiger partial charge in [0.1, 0.15) is 12.4 Å². The van der Waals surface area contributed by atoms with Crippen molar-refractivity contribution in [1.82, 2.24) is 4.90 Å². The highest BCUT2D eigenvalue weighted by molar-refractivity contribution is 5.98. The number of nitrogens with zero attached hydrogens (tertiary/aromatic N) is 1. The Hall–Kier alpha value is -2.84. The van der Waals surface area contributed by atoms with Crippen molar-refractivity contribution in [2.45, 2.75) is 26.7 Å². The maximum absolute atomic E-state index is 5.89. The van der Waals surface area contributed by atoms with Crippen LogP contribution in [-0.2, 0) is 6.42 Å².